The Balaban J connectivity index is 2.15. The van der Waals surface area contributed by atoms with Crippen LogP contribution in [0.1, 0.15) is 31.0 Å². The van der Waals surface area contributed by atoms with Gasteiger partial charge in [0.25, 0.3) is 0 Å². The summed E-state index contributed by atoms with van der Waals surface area (Å²) in [6.07, 6.45) is 1.02. The zero-order valence-electron chi connectivity index (χ0n) is 12.1. The smallest absolute Gasteiger partial charge is 0.161 e. The largest absolute Gasteiger partial charge is 0.378 e. The van der Waals surface area contributed by atoms with Crippen LogP contribution in [0.3, 0.4) is 0 Å². The highest BCUT2D eigenvalue weighted by molar-refractivity contribution is 5.34. The Kier molecular flexibility index (Phi) is 5.66. The van der Waals surface area contributed by atoms with Gasteiger partial charge in [0.05, 0.1) is 18.9 Å². The van der Waals surface area contributed by atoms with E-state index in [0.29, 0.717) is 24.9 Å². The van der Waals surface area contributed by atoms with Crippen LogP contribution in [-0.4, -0.2) is 48.2 Å². The third-order valence-corrected chi connectivity index (χ3v) is 3.21. The summed E-state index contributed by atoms with van der Waals surface area (Å²) >= 11 is 0. The first-order valence-corrected chi connectivity index (χ1v) is 6.94. The standard InChI is InChI=1S/C13H23N5O2/c1-3-4-18-5-6-20-11(8-18)13-15-10(9-19-2)7-12(16-13)17-14/h7,11H,3-6,8-9,14H2,1-2H3,(H,15,16,17). The molecule has 1 aliphatic heterocycles. The molecule has 1 fully saturated rings. The third kappa shape index (κ3) is 3.86. The normalized spacial score (nSPS) is 20.1. The Bertz CT molecular complexity index is 427. The molecule has 7 heteroatoms. The number of nitrogens with zero attached hydrogens (tertiary/aromatic N) is 3. The van der Waals surface area contributed by atoms with Gasteiger partial charge in [-0.1, -0.05) is 6.92 Å². The molecule has 2 rings (SSSR count). The molecular weight excluding hydrogens is 258 g/mol. The molecule has 7 nitrogen and oxygen atoms in total. The maximum absolute atomic E-state index is 5.80. The second kappa shape index (κ2) is 7.49. The van der Waals surface area contributed by atoms with Crippen LogP contribution in [-0.2, 0) is 16.1 Å². The fraction of sp³-hybridized carbons (Fsp3) is 0.692. The number of nitrogen functional groups attached to an aromatic ring is 1. The average Bonchev–Trinajstić information content (AvgIpc) is 2.48. The molecular formula is C13H23N5O2. The van der Waals surface area contributed by atoms with Crippen LogP contribution in [0.4, 0.5) is 5.82 Å². The van der Waals surface area contributed by atoms with Gasteiger partial charge < -0.3 is 14.9 Å². The topological polar surface area (TPSA) is 85.5 Å². The highest BCUT2D eigenvalue weighted by Crippen LogP contribution is 2.21. The lowest BCUT2D eigenvalue weighted by atomic mass is 10.2. The number of morpholine rings is 1. The zero-order chi connectivity index (χ0) is 14.4. The first-order chi connectivity index (χ1) is 9.76. The Labute approximate surface area is 119 Å². The number of nitrogens with two attached hydrogens (primary N) is 1. The van der Waals surface area contributed by atoms with Crippen LogP contribution in [0.5, 0.6) is 0 Å². The van der Waals surface area contributed by atoms with Gasteiger partial charge in [-0.2, -0.15) is 0 Å². The van der Waals surface area contributed by atoms with E-state index in [9.17, 15) is 0 Å². The van der Waals surface area contributed by atoms with Gasteiger partial charge in [0.15, 0.2) is 5.82 Å². The molecule has 1 aliphatic rings. The second-order valence-electron chi connectivity index (χ2n) is 4.84. The van der Waals surface area contributed by atoms with Crippen molar-refractivity contribution in [3.63, 3.8) is 0 Å². The van der Waals surface area contributed by atoms with Gasteiger partial charge in [-0.05, 0) is 13.0 Å². The monoisotopic (exact) mass is 281 g/mol. The Morgan fingerprint density at radius 3 is 3.10 bits per heavy atom. The van der Waals surface area contributed by atoms with E-state index in [1.807, 2.05) is 0 Å². The van der Waals surface area contributed by atoms with Crippen LogP contribution in [0.2, 0.25) is 0 Å². The molecule has 0 aromatic carbocycles. The van der Waals surface area contributed by atoms with E-state index in [1.165, 1.54) is 0 Å². The minimum atomic E-state index is -0.112. The van der Waals surface area contributed by atoms with Crippen LogP contribution in [0.15, 0.2) is 6.07 Å². The second-order valence-corrected chi connectivity index (χ2v) is 4.84. The van der Waals surface area contributed by atoms with Crippen molar-refractivity contribution in [2.75, 3.05) is 38.8 Å². The third-order valence-electron chi connectivity index (χ3n) is 3.21. The van der Waals surface area contributed by atoms with Crippen LogP contribution in [0, 0.1) is 0 Å². The molecule has 0 radical (unpaired) electrons. The van der Waals surface area contributed by atoms with Gasteiger partial charge in [-0.25, -0.2) is 15.8 Å². The Morgan fingerprint density at radius 2 is 2.40 bits per heavy atom. The quantitative estimate of drug-likeness (QED) is 0.586. The van der Waals surface area contributed by atoms with E-state index in [4.69, 9.17) is 15.3 Å². The van der Waals surface area contributed by atoms with E-state index < -0.39 is 0 Å². The van der Waals surface area contributed by atoms with Crippen molar-refractivity contribution >= 4 is 5.82 Å². The van der Waals surface area contributed by atoms with Gasteiger partial charge in [-0.15, -0.1) is 0 Å². The molecule has 3 N–H and O–H groups in total. The van der Waals surface area contributed by atoms with E-state index >= 15 is 0 Å². The number of rotatable bonds is 6. The highest BCUT2D eigenvalue weighted by atomic mass is 16.5. The number of nitrogens with one attached hydrogen (secondary N) is 1. The van der Waals surface area contributed by atoms with Gasteiger partial charge in [0.2, 0.25) is 0 Å². The predicted molar refractivity (Wildman–Crippen MR) is 76.0 cm³/mol. The Morgan fingerprint density at radius 1 is 1.55 bits per heavy atom. The van der Waals surface area contributed by atoms with E-state index in [1.54, 1.807) is 13.2 Å². The lowest BCUT2D eigenvalue weighted by Crippen LogP contribution is -2.39. The van der Waals surface area contributed by atoms with Crippen molar-refractivity contribution in [1.29, 1.82) is 0 Å². The molecule has 1 unspecified atom stereocenters. The molecule has 1 aromatic rings. The number of aromatic nitrogens is 2. The first kappa shape index (κ1) is 15.1. The lowest BCUT2D eigenvalue weighted by molar-refractivity contribution is -0.0343. The number of hydrazine groups is 1. The van der Waals surface area contributed by atoms with Crippen LogP contribution < -0.4 is 11.3 Å². The van der Waals surface area contributed by atoms with Crippen molar-refractivity contribution in [3.05, 3.63) is 17.6 Å². The van der Waals surface area contributed by atoms with Crippen molar-refractivity contribution in [3.8, 4) is 0 Å². The fourth-order valence-electron chi connectivity index (χ4n) is 2.34. The fourth-order valence-corrected chi connectivity index (χ4v) is 2.34. The average molecular weight is 281 g/mol. The molecule has 1 atom stereocenters. The number of hydrogen-bond acceptors (Lipinski definition) is 7. The summed E-state index contributed by atoms with van der Waals surface area (Å²) in [4.78, 5) is 11.3. The highest BCUT2D eigenvalue weighted by Gasteiger charge is 2.24. The number of anilines is 1. The summed E-state index contributed by atoms with van der Waals surface area (Å²) < 4.78 is 10.9. The maximum Gasteiger partial charge on any atom is 0.161 e. The van der Waals surface area contributed by atoms with Crippen LogP contribution in [0.25, 0.3) is 0 Å². The van der Waals surface area contributed by atoms with Crippen LogP contribution >= 0.6 is 0 Å². The molecule has 1 saturated heterocycles. The lowest BCUT2D eigenvalue weighted by Gasteiger charge is -2.32. The van der Waals surface area contributed by atoms with Gasteiger partial charge in [0.1, 0.15) is 11.9 Å². The van der Waals surface area contributed by atoms with Gasteiger partial charge in [-0.3, -0.25) is 4.90 Å². The molecule has 0 amide bonds. The number of hydrogen-bond donors (Lipinski definition) is 2. The summed E-state index contributed by atoms with van der Waals surface area (Å²) in [6, 6.07) is 1.78. The summed E-state index contributed by atoms with van der Waals surface area (Å²) in [6.45, 7) is 6.15. The van der Waals surface area contributed by atoms with Crippen molar-refractivity contribution in [2.24, 2.45) is 5.84 Å². The Hall–Kier alpha value is -1.28. The summed E-state index contributed by atoms with van der Waals surface area (Å²) in [5.41, 5.74) is 3.36. The summed E-state index contributed by atoms with van der Waals surface area (Å²) in [5.74, 6) is 6.70. The molecule has 112 valence electrons. The molecule has 2 heterocycles. The SMILES string of the molecule is CCCN1CCOC(c2nc(COC)cc(NN)n2)C1. The van der Waals surface area contributed by atoms with E-state index in [0.717, 1.165) is 31.7 Å². The molecule has 0 saturated carbocycles. The van der Waals surface area contributed by atoms with Crippen molar-refractivity contribution in [1.82, 2.24) is 14.9 Å². The van der Waals surface area contributed by atoms with E-state index in [2.05, 4.69) is 27.2 Å². The maximum atomic E-state index is 5.80. The van der Waals surface area contributed by atoms with E-state index in [-0.39, 0.29) is 6.10 Å². The number of ether oxygens (including phenoxy) is 2. The first-order valence-electron chi connectivity index (χ1n) is 6.94. The molecule has 1 aromatic heterocycles. The molecule has 0 bridgehead atoms. The molecule has 0 spiro atoms. The summed E-state index contributed by atoms with van der Waals surface area (Å²) in [7, 11) is 1.64. The van der Waals surface area contributed by atoms with Crippen molar-refractivity contribution < 1.29 is 9.47 Å². The minimum absolute atomic E-state index is 0.112. The predicted octanol–water partition coefficient (Wildman–Crippen LogP) is 0.692. The minimum Gasteiger partial charge on any atom is -0.378 e. The summed E-state index contributed by atoms with van der Waals surface area (Å²) in [5, 5.41) is 0. The van der Waals surface area contributed by atoms with Gasteiger partial charge >= 0.3 is 0 Å². The van der Waals surface area contributed by atoms with Crippen molar-refractivity contribution in [2.45, 2.75) is 26.1 Å². The zero-order valence-corrected chi connectivity index (χ0v) is 12.1. The number of methoxy groups -OCH3 is 1. The van der Waals surface area contributed by atoms with Gasteiger partial charge in [0, 0.05) is 26.3 Å². The molecule has 0 aliphatic carbocycles. The molecule has 20 heavy (non-hydrogen) atoms.